The van der Waals surface area contributed by atoms with Crippen LogP contribution in [0.15, 0.2) is 18.2 Å². The van der Waals surface area contributed by atoms with Crippen molar-refractivity contribution in [2.45, 2.75) is 13.0 Å². The van der Waals surface area contributed by atoms with E-state index in [-0.39, 0.29) is 10.6 Å². The third-order valence-electron chi connectivity index (χ3n) is 1.41. The van der Waals surface area contributed by atoms with E-state index in [9.17, 15) is 18.3 Å². The first-order valence-corrected chi connectivity index (χ1v) is 3.92. The van der Waals surface area contributed by atoms with Gasteiger partial charge in [-0.3, -0.25) is 0 Å². The predicted molar refractivity (Wildman–Crippen MR) is 42.5 cm³/mol. The lowest BCUT2D eigenvalue weighted by molar-refractivity contribution is -0.274. The summed E-state index contributed by atoms with van der Waals surface area (Å²) in [6.45, 7) is -0.578. The number of rotatable bonds is 2. The number of benzene rings is 1. The third-order valence-corrected chi connectivity index (χ3v) is 1.77. The molecule has 0 saturated heterocycles. The summed E-state index contributed by atoms with van der Waals surface area (Å²) in [4.78, 5) is 0. The molecule has 2 nitrogen and oxygen atoms in total. The van der Waals surface area contributed by atoms with Crippen molar-refractivity contribution in [1.82, 2.24) is 0 Å². The number of hydrogen-bond donors (Lipinski definition) is 0. The van der Waals surface area contributed by atoms with Crippen LogP contribution in [0.3, 0.4) is 0 Å². The second kappa shape index (κ2) is 4.06. The van der Waals surface area contributed by atoms with Gasteiger partial charge in [0.2, 0.25) is 0 Å². The van der Waals surface area contributed by atoms with E-state index in [1.54, 1.807) is 0 Å². The fourth-order valence-electron chi connectivity index (χ4n) is 0.842. The molecule has 1 aromatic carbocycles. The average molecular weight is 226 g/mol. The Kier molecular flexibility index (Phi) is 3.23. The van der Waals surface area contributed by atoms with E-state index >= 15 is 0 Å². The van der Waals surface area contributed by atoms with E-state index in [0.717, 1.165) is 12.1 Å². The highest BCUT2D eigenvalue weighted by Gasteiger charge is 2.31. The topological polar surface area (TPSA) is 29.1 Å². The molecule has 1 radical (unpaired) electrons. The van der Waals surface area contributed by atoms with Gasteiger partial charge in [-0.05, 0) is 17.7 Å². The van der Waals surface area contributed by atoms with Crippen LogP contribution in [0.2, 0.25) is 5.02 Å². The van der Waals surface area contributed by atoms with Gasteiger partial charge in [0, 0.05) is 5.02 Å². The predicted octanol–water partition coefficient (Wildman–Crippen LogP) is 3.17. The van der Waals surface area contributed by atoms with Gasteiger partial charge in [0.25, 0.3) is 0 Å². The van der Waals surface area contributed by atoms with Crippen LogP contribution >= 0.6 is 11.6 Å². The molecule has 0 N–H and O–H groups in total. The summed E-state index contributed by atoms with van der Waals surface area (Å²) < 4.78 is 38.8. The molecular formula is C8H5ClF3O2. The third kappa shape index (κ3) is 3.08. The summed E-state index contributed by atoms with van der Waals surface area (Å²) in [7, 11) is 0. The minimum atomic E-state index is -4.75. The monoisotopic (exact) mass is 225 g/mol. The maximum absolute atomic E-state index is 11.7. The van der Waals surface area contributed by atoms with Gasteiger partial charge in [-0.15, -0.1) is 13.2 Å². The minimum Gasteiger partial charge on any atom is -0.406 e. The molecule has 0 aliphatic heterocycles. The van der Waals surface area contributed by atoms with Crippen LogP contribution in [-0.4, -0.2) is 6.36 Å². The summed E-state index contributed by atoms with van der Waals surface area (Å²) in [5.74, 6) is -0.431. The highest BCUT2D eigenvalue weighted by molar-refractivity contribution is 6.31. The van der Waals surface area contributed by atoms with E-state index in [0.29, 0.717) is 0 Å². The summed E-state index contributed by atoms with van der Waals surface area (Å²) >= 11 is 5.51. The zero-order chi connectivity index (χ0) is 10.8. The van der Waals surface area contributed by atoms with Gasteiger partial charge in [-0.1, -0.05) is 17.7 Å². The van der Waals surface area contributed by atoms with Gasteiger partial charge in [0.05, 0.1) is 0 Å². The van der Waals surface area contributed by atoms with Crippen molar-refractivity contribution < 1.29 is 23.0 Å². The lowest BCUT2D eigenvalue weighted by Gasteiger charge is -2.09. The molecule has 1 rings (SSSR count). The van der Waals surface area contributed by atoms with Crippen molar-refractivity contribution in [3.05, 3.63) is 28.8 Å². The summed E-state index contributed by atoms with van der Waals surface area (Å²) in [6, 6.07) is 3.21. The molecule has 0 aliphatic carbocycles. The highest BCUT2D eigenvalue weighted by atomic mass is 35.5. The quantitative estimate of drug-likeness (QED) is 0.760. The van der Waals surface area contributed by atoms with Crippen molar-refractivity contribution in [2.75, 3.05) is 0 Å². The van der Waals surface area contributed by atoms with Crippen molar-refractivity contribution in [3.8, 4) is 5.75 Å². The van der Waals surface area contributed by atoms with E-state index in [1.165, 1.54) is 6.07 Å². The Balaban J connectivity index is 2.87. The highest BCUT2D eigenvalue weighted by Crippen LogP contribution is 2.27. The standard InChI is InChI=1S/C8H5ClF3O2/c9-7-3-6(14-8(10,11)12)2-1-5(7)4-13/h1-3H,4H2. The molecule has 0 saturated carbocycles. The second-order valence-corrected chi connectivity index (χ2v) is 2.85. The molecule has 0 spiro atoms. The maximum atomic E-state index is 11.7. The zero-order valence-corrected chi connectivity index (χ0v) is 7.52. The first kappa shape index (κ1) is 11.1. The van der Waals surface area contributed by atoms with Crippen molar-refractivity contribution in [2.24, 2.45) is 0 Å². The molecule has 0 atom stereocenters. The van der Waals surface area contributed by atoms with E-state index in [1.807, 2.05) is 0 Å². The second-order valence-electron chi connectivity index (χ2n) is 2.45. The number of alkyl halides is 3. The first-order valence-electron chi connectivity index (χ1n) is 3.54. The van der Waals surface area contributed by atoms with E-state index in [2.05, 4.69) is 4.74 Å². The zero-order valence-electron chi connectivity index (χ0n) is 6.77. The Bertz CT molecular complexity index is 325. The first-order chi connectivity index (χ1) is 6.42. The van der Waals surface area contributed by atoms with Crippen molar-refractivity contribution in [3.63, 3.8) is 0 Å². The molecule has 0 fully saturated rings. The molecule has 0 aliphatic rings. The number of halogens is 4. The molecule has 14 heavy (non-hydrogen) atoms. The Morgan fingerprint density at radius 3 is 2.43 bits per heavy atom. The maximum Gasteiger partial charge on any atom is 0.573 e. The molecule has 0 bridgehead atoms. The van der Waals surface area contributed by atoms with Gasteiger partial charge in [-0.25, -0.2) is 5.11 Å². The number of hydrogen-bond acceptors (Lipinski definition) is 1. The summed E-state index contributed by atoms with van der Waals surface area (Å²) in [6.07, 6.45) is -4.75. The van der Waals surface area contributed by atoms with Crippen LogP contribution in [0.5, 0.6) is 5.75 Å². The molecule has 0 unspecified atom stereocenters. The largest absolute Gasteiger partial charge is 0.573 e. The molecule has 6 heteroatoms. The molecular weight excluding hydrogens is 221 g/mol. The summed E-state index contributed by atoms with van der Waals surface area (Å²) in [5.41, 5.74) is 0.237. The molecule has 0 amide bonds. The van der Waals surface area contributed by atoms with Gasteiger partial charge in [-0.2, -0.15) is 0 Å². The van der Waals surface area contributed by atoms with E-state index in [4.69, 9.17) is 11.6 Å². The lowest BCUT2D eigenvalue weighted by atomic mass is 10.2. The van der Waals surface area contributed by atoms with Crippen LogP contribution in [-0.2, 0) is 11.7 Å². The molecule has 0 heterocycles. The van der Waals surface area contributed by atoms with Crippen LogP contribution in [0.25, 0.3) is 0 Å². The van der Waals surface area contributed by atoms with Gasteiger partial charge in [0.15, 0.2) is 0 Å². The van der Waals surface area contributed by atoms with Gasteiger partial charge >= 0.3 is 6.36 Å². The Morgan fingerprint density at radius 2 is 2.00 bits per heavy atom. The van der Waals surface area contributed by atoms with Gasteiger partial charge < -0.3 is 4.74 Å². The van der Waals surface area contributed by atoms with Gasteiger partial charge in [0.1, 0.15) is 12.4 Å². The molecule has 77 valence electrons. The fraction of sp³-hybridized carbons (Fsp3) is 0.250. The van der Waals surface area contributed by atoms with Crippen LogP contribution < -0.4 is 4.74 Å². The minimum absolute atomic E-state index is 0.0262. The Hall–Kier alpha value is -0.940. The molecule has 0 aromatic heterocycles. The number of ether oxygens (including phenoxy) is 1. The Morgan fingerprint density at radius 1 is 1.36 bits per heavy atom. The van der Waals surface area contributed by atoms with Crippen LogP contribution in [0, 0.1) is 0 Å². The van der Waals surface area contributed by atoms with Crippen molar-refractivity contribution >= 4 is 11.6 Å². The fourth-order valence-corrected chi connectivity index (χ4v) is 1.07. The SMILES string of the molecule is [O]Cc1ccc(OC(F)(F)F)cc1Cl. The Labute approximate surface area is 82.9 Å². The van der Waals surface area contributed by atoms with Crippen molar-refractivity contribution in [1.29, 1.82) is 0 Å². The van der Waals surface area contributed by atoms with Crippen LogP contribution in [0.1, 0.15) is 5.56 Å². The average Bonchev–Trinajstić information content (AvgIpc) is 2.01. The summed E-state index contributed by atoms with van der Waals surface area (Å²) in [5, 5.41) is 10.4. The van der Waals surface area contributed by atoms with E-state index < -0.39 is 18.7 Å². The lowest BCUT2D eigenvalue weighted by Crippen LogP contribution is -2.17. The molecule has 1 aromatic rings. The normalized spacial score (nSPS) is 11.5. The smallest absolute Gasteiger partial charge is 0.406 e. The van der Waals surface area contributed by atoms with Crippen LogP contribution in [0.4, 0.5) is 13.2 Å².